The third kappa shape index (κ3) is 6.04. The minimum atomic E-state index is -0.0916. The molecule has 17 heavy (non-hydrogen) atoms. The van der Waals surface area contributed by atoms with E-state index in [1.165, 1.54) is 11.1 Å². The zero-order valence-corrected chi connectivity index (χ0v) is 10.2. The molecule has 94 valence electrons. The van der Waals surface area contributed by atoms with Gasteiger partial charge in [-0.2, -0.15) is 0 Å². The molecular formula is C13H20N2O2. The number of carbonyl (C=O) groups is 1. The Kier molecular flexibility index (Phi) is 6.29. The summed E-state index contributed by atoms with van der Waals surface area (Å²) in [4.78, 5) is 11.3. The van der Waals surface area contributed by atoms with Crippen LogP contribution in [-0.4, -0.2) is 32.2 Å². The van der Waals surface area contributed by atoms with Crippen molar-refractivity contribution in [2.75, 3.05) is 26.3 Å². The maximum Gasteiger partial charge on any atom is 0.246 e. The standard InChI is InChI=1S/C13H20N2O2/c1-11-3-2-4-12(9-11)5-7-15-13(16)10-17-8-6-14/h2-4,9H,5-8,10,14H2,1H3,(H,15,16). The number of carbonyl (C=O) groups excluding carboxylic acids is 1. The third-order valence-electron chi connectivity index (χ3n) is 2.31. The molecule has 0 heterocycles. The van der Waals surface area contributed by atoms with E-state index < -0.39 is 0 Å². The number of amides is 1. The summed E-state index contributed by atoms with van der Waals surface area (Å²) in [7, 11) is 0. The van der Waals surface area contributed by atoms with Gasteiger partial charge in [-0.05, 0) is 18.9 Å². The van der Waals surface area contributed by atoms with E-state index in [0.717, 1.165) is 6.42 Å². The van der Waals surface area contributed by atoms with Crippen molar-refractivity contribution in [2.24, 2.45) is 5.73 Å². The first kappa shape index (κ1) is 13.7. The molecule has 0 radical (unpaired) electrons. The summed E-state index contributed by atoms with van der Waals surface area (Å²) in [5.41, 5.74) is 7.71. The van der Waals surface area contributed by atoms with Crippen LogP contribution < -0.4 is 11.1 Å². The van der Waals surface area contributed by atoms with Crippen LogP contribution in [0.15, 0.2) is 24.3 Å². The number of hydrogen-bond donors (Lipinski definition) is 2. The maximum absolute atomic E-state index is 11.3. The van der Waals surface area contributed by atoms with Crippen molar-refractivity contribution in [3.05, 3.63) is 35.4 Å². The predicted octanol–water partition coefficient (Wildman–Crippen LogP) is 0.629. The van der Waals surface area contributed by atoms with E-state index in [0.29, 0.717) is 19.7 Å². The van der Waals surface area contributed by atoms with Crippen molar-refractivity contribution in [3.63, 3.8) is 0 Å². The van der Waals surface area contributed by atoms with Crippen LogP contribution in [0.25, 0.3) is 0 Å². The quantitative estimate of drug-likeness (QED) is 0.682. The molecule has 0 fully saturated rings. The van der Waals surface area contributed by atoms with E-state index >= 15 is 0 Å². The fraction of sp³-hybridized carbons (Fsp3) is 0.462. The molecule has 0 aromatic heterocycles. The van der Waals surface area contributed by atoms with Gasteiger partial charge in [-0.25, -0.2) is 0 Å². The normalized spacial score (nSPS) is 10.2. The molecule has 3 N–H and O–H groups in total. The van der Waals surface area contributed by atoms with Gasteiger partial charge in [-0.15, -0.1) is 0 Å². The van der Waals surface area contributed by atoms with Gasteiger partial charge in [-0.1, -0.05) is 29.8 Å². The van der Waals surface area contributed by atoms with Crippen LogP contribution in [0.4, 0.5) is 0 Å². The molecule has 1 rings (SSSR count). The number of benzene rings is 1. The number of rotatable bonds is 7. The largest absolute Gasteiger partial charge is 0.370 e. The summed E-state index contributed by atoms with van der Waals surface area (Å²) in [6.45, 7) is 3.64. The second-order valence-electron chi connectivity index (χ2n) is 3.93. The van der Waals surface area contributed by atoms with Crippen LogP contribution in [0.3, 0.4) is 0 Å². The summed E-state index contributed by atoms with van der Waals surface area (Å²) >= 11 is 0. The fourth-order valence-electron chi connectivity index (χ4n) is 1.51. The summed E-state index contributed by atoms with van der Waals surface area (Å²) in [5.74, 6) is -0.0916. The van der Waals surface area contributed by atoms with Gasteiger partial charge in [-0.3, -0.25) is 4.79 Å². The van der Waals surface area contributed by atoms with E-state index in [4.69, 9.17) is 10.5 Å². The highest BCUT2D eigenvalue weighted by molar-refractivity contribution is 5.77. The van der Waals surface area contributed by atoms with Gasteiger partial charge in [0.05, 0.1) is 6.61 Å². The minimum absolute atomic E-state index is 0.0883. The van der Waals surface area contributed by atoms with Gasteiger partial charge < -0.3 is 15.8 Å². The van der Waals surface area contributed by atoms with Crippen LogP contribution >= 0.6 is 0 Å². The molecule has 4 heteroatoms. The highest BCUT2D eigenvalue weighted by Gasteiger charge is 2.00. The molecule has 0 aliphatic carbocycles. The Labute approximate surface area is 102 Å². The molecule has 1 amide bonds. The number of hydrogen-bond acceptors (Lipinski definition) is 3. The molecule has 0 aliphatic heterocycles. The Morgan fingerprint density at radius 3 is 3.00 bits per heavy atom. The van der Waals surface area contributed by atoms with Crippen LogP contribution in [-0.2, 0) is 16.0 Å². The summed E-state index contributed by atoms with van der Waals surface area (Å²) in [5, 5.41) is 2.80. The van der Waals surface area contributed by atoms with Gasteiger partial charge in [0.1, 0.15) is 6.61 Å². The Hall–Kier alpha value is -1.39. The molecule has 0 atom stereocenters. The molecule has 0 aliphatic rings. The first-order valence-corrected chi connectivity index (χ1v) is 5.82. The topological polar surface area (TPSA) is 64.3 Å². The van der Waals surface area contributed by atoms with Crippen LogP contribution in [0.1, 0.15) is 11.1 Å². The second-order valence-corrected chi connectivity index (χ2v) is 3.93. The molecule has 0 bridgehead atoms. The van der Waals surface area contributed by atoms with Crippen molar-refractivity contribution < 1.29 is 9.53 Å². The smallest absolute Gasteiger partial charge is 0.246 e. The van der Waals surface area contributed by atoms with E-state index in [-0.39, 0.29) is 12.5 Å². The predicted molar refractivity (Wildman–Crippen MR) is 67.8 cm³/mol. The number of aryl methyl sites for hydroxylation is 1. The Bertz CT molecular complexity index is 353. The van der Waals surface area contributed by atoms with Crippen LogP contribution in [0.2, 0.25) is 0 Å². The molecular weight excluding hydrogens is 216 g/mol. The molecule has 1 aromatic carbocycles. The number of ether oxygens (including phenoxy) is 1. The van der Waals surface area contributed by atoms with Gasteiger partial charge in [0, 0.05) is 13.1 Å². The molecule has 0 saturated heterocycles. The second kappa shape index (κ2) is 7.81. The molecule has 0 spiro atoms. The van der Waals surface area contributed by atoms with Crippen molar-refractivity contribution in [2.45, 2.75) is 13.3 Å². The monoisotopic (exact) mass is 236 g/mol. The van der Waals surface area contributed by atoms with Crippen molar-refractivity contribution >= 4 is 5.91 Å². The van der Waals surface area contributed by atoms with E-state index in [9.17, 15) is 4.79 Å². The lowest BCUT2D eigenvalue weighted by atomic mass is 10.1. The average molecular weight is 236 g/mol. The van der Waals surface area contributed by atoms with Crippen LogP contribution in [0.5, 0.6) is 0 Å². The van der Waals surface area contributed by atoms with Crippen LogP contribution in [0, 0.1) is 6.92 Å². The lowest BCUT2D eigenvalue weighted by molar-refractivity contribution is -0.125. The van der Waals surface area contributed by atoms with Gasteiger partial charge >= 0.3 is 0 Å². The SMILES string of the molecule is Cc1cccc(CCNC(=O)COCCN)c1. The van der Waals surface area contributed by atoms with Gasteiger partial charge in [0.25, 0.3) is 0 Å². The Morgan fingerprint density at radius 2 is 2.29 bits per heavy atom. The zero-order valence-electron chi connectivity index (χ0n) is 10.2. The van der Waals surface area contributed by atoms with Crippen molar-refractivity contribution in [3.8, 4) is 0 Å². The zero-order chi connectivity index (χ0) is 12.5. The number of nitrogens with two attached hydrogens (primary N) is 1. The van der Waals surface area contributed by atoms with E-state index in [1.807, 2.05) is 6.07 Å². The third-order valence-corrected chi connectivity index (χ3v) is 2.31. The maximum atomic E-state index is 11.3. The van der Waals surface area contributed by atoms with Crippen molar-refractivity contribution in [1.29, 1.82) is 0 Å². The molecule has 0 saturated carbocycles. The van der Waals surface area contributed by atoms with E-state index in [2.05, 4.69) is 30.4 Å². The van der Waals surface area contributed by atoms with Crippen molar-refractivity contribution in [1.82, 2.24) is 5.32 Å². The summed E-state index contributed by atoms with van der Waals surface area (Å²) < 4.78 is 5.03. The Balaban J connectivity index is 2.17. The van der Waals surface area contributed by atoms with E-state index in [1.54, 1.807) is 0 Å². The average Bonchev–Trinajstić information content (AvgIpc) is 2.29. The molecule has 4 nitrogen and oxygen atoms in total. The Morgan fingerprint density at radius 1 is 1.47 bits per heavy atom. The first-order chi connectivity index (χ1) is 8.22. The summed E-state index contributed by atoms with van der Waals surface area (Å²) in [6.07, 6.45) is 0.838. The van der Waals surface area contributed by atoms with Gasteiger partial charge in [0.15, 0.2) is 0 Å². The first-order valence-electron chi connectivity index (χ1n) is 5.82. The number of nitrogens with one attached hydrogen (secondary N) is 1. The summed E-state index contributed by atoms with van der Waals surface area (Å²) in [6, 6.07) is 8.26. The highest BCUT2D eigenvalue weighted by atomic mass is 16.5. The lowest BCUT2D eigenvalue weighted by Crippen LogP contribution is -2.30. The highest BCUT2D eigenvalue weighted by Crippen LogP contribution is 2.03. The molecule has 0 unspecified atom stereocenters. The molecule has 1 aromatic rings. The fourth-order valence-corrected chi connectivity index (χ4v) is 1.51. The lowest BCUT2D eigenvalue weighted by Gasteiger charge is -2.06. The van der Waals surface area contributed by atoms with Gasteiger partial charge in [0.2, 0.25) is 5.91 Å². The minimum Gasteiger partial charge on any atom is -0.370 e.